The number of amides is 1. The minimum Gasteiger partial charge on any atom is -0.476 e. The van der Waals surface area contributed by atoms with E-state index in [0.717, 1.165) is 4.31 Å². The molecule has 0 aromatic heterocycles. The number of nitrogens with one attached hydrogen (secondary N) is 1. The number of hydrogen-bond donors (Lipinski definition) is 1. The molecule has 2 aromatic rings. The molecule has 0 saturated heterocycles. The van der Waals surface area contributed by atoms with Gasteiger partial charge in [0.15, 0.2) is 6.10 Å². The lowest BCUT2D eigenvalue weighted by molar-refractivity contribution is -0.385. The molecule has 1 N–H and O–H groups in total. The molecule has 2 aromatic carbocycles. The number of nitro benzene ring substituents is 1. The molecule has 9 nitrogen and oxygen atoms in total. The molecule has 0 spiro atoms. The molecule has 0 aliphatic carbocycles. The summed E-state index contributed by atoms with van der Waals surface area (Å²) in [5.74, 6) is -0.435. The number of para-hydroxylation sites is 2. The minimum atomic E-state index is -3.62. The van der Waals surface area contributed by atoms with Gasteiger partial charge in [0.2, 0.25) is 10.0 Å². The highest BCUT2D eigenvalue weighted by molar-refractivity contribution is 7.92. The van der Waals surface area contributed by atoms with Gasteiger partial charge < -0.3 is 10.1 Å². The van der Waals surface area contributed by atoms with Gasteiger partial charge in [0.1, 0.15) is 5.75 Å². The molecule has 0 radical (unpaired) electrons. The lowest BCUT2D eigenvalue weighted by atomic mass is 10.1. The summed E-state index contributed by atoms with van der Waals surface area (Å²) >= 11 is 0. The van der Waals surface area contributed by atoms with E-state index in [2.05, 4.69) is 5.32 Å². The largest absolute Gasteiger partial charge is 0.476 e. The normalized spacial score (nSPS) is 16.1. The minimum absolute atomic E-state index is 0.122. The summed E-state index contributed by atoms with van der Waals surface area (Å²) in [7, 11) is -3.62. The van der Waals surface area contributed by atoms with Gasteiger partial charge in [0.25, 0.3) is 11.6 Å². The van der Waals surface area contributed by atoms with Crippen molar-refractivity contribution in [3.05, 3.63) is 58.1 Å². The smallest absolute Gasteiger partial charge is 0.274 e. The van der Waals surface area contributed by atoms with Crippen molar-refractivity contribution in [2.45, 2.75) is 20.0 Å². The second-order valence-corrected chi connectivity index (χ2v) is 8.38. The Morgan fingerprint density at radius 2 is 2.00 bits per heavy atom. The highest BCUT2D eigenvalue weighted by Crippen LogP contribution is 2.35. The topological polar surface area (TPSA) is 119 Å². The molecule has 10 heteroatoms. The molecule has 1 amide bonds. The number of benzene rings is 2. The molecular formula is C18H19N3O6S. The number of nitrogens with zero attached hydrogens (tertiary/aromatic N) is 2. The first-order valence-corrected chi connectivity index (χ1v) is 10.2. The molecule has 1 heterocycles. The molecule has 0 saturated carbocycles. The van der Waals surface area contributed by atoms with Crippen molar-refractivity contribution in [1.29, 1.82) is 0 Å². The van der Waals surface area contributed by atoms with Crippen LogP contribution in [0.3, 0.4) is 0 Å². The quantitative estimate of drug-likeness (QED) is 0.603. The van der Waals surface area contributed by atoms with Crippen LogP contribution in [0.25, 0.3) is 0 Å². The van der Waals surface area contributed by atoms with Crippen LogP contribution < -0.4 is 14.4 Å². The zero-order chi connectivity index (χ0) is 20.5. The third-order valence-corrected chi connectivity index (χ3v) is 6.23. The number of ether oxygens (including phenoxy) is 1. The maximum Gasteiger partial charge on any atom is 0.274 e. The van der Waals surface area contributed by atoms with Crippen molar-refractivity contribution < 1.29 is 22.9 Å². The lowest BCUT2D eigenvalue weighted by Gasteiger charge is -2.34. The Balaban J connectivity index is 1.90. The number of carbonyl (C=O) groups is 1. The summed E-state index contributed by atoms with van der Waals surface area (Å²) in [5.41, 5.74) is 0.824. The maximum absolute atomic E-state index is 12.7. The number of rotatable bonds is 5. The Kier molecular flexibility index (Phi) is 5.23. The van der Waals surface area contributed by atoms with Crippen molar-refractivity contribution in [1.82, 2.24) is 0 Å². The molecule has 28 heavy (non-hydrogen) atoms. The van der Waals surface area contributed by atoms with E-state index in [1.165, 1.54) is 32.0 Å². The Bertz CT molecular complexity index is 1040. The zero-order valence-corrected chi connectivity index (χ0v) is 16.1. The van der Waals surface area contributed by atoms with Gasteiger partial charge in [0.05, 0.1) is 34.2 Å². The maximum atomic E-state index is 12.7. The van der Waals surface area contributed by atoms with Gasteiger partial charge >= 0.3 is 0 Å². The van der Waals surface area contributed by atoms with Gasteiger partial charge in [-0.3, -0.25) is 19.2 Å². The third-order valence-electron chi connectivity index (χ3n) is 4.49. The molecule has 0 unspecified atom stereocenters. The van der Waals surface area contributed by atoms with E-state index in [4.69, 9.17) is 4.74 Å². The number of sulfonamides is 1. The van der Waals surface area contributed by atoms with E-state index in [0.29, 0.717) is 11.3 Å². The van der Waals surface area contributed by atoms with Crippen LogP contribution in [0.1, 0.15) is 12.5 Å². The van der Waals surface area contributed by atoms with Crippen LogP contribution in [0.5, 0.6) is 5.75 Å². The highest BCUT2D eigenvalue weighted by atomic mass is 32.2. The molecule has 1 aliphatic rings. The van der Waals surface area contributed by atoms with Crippen LogP contribution in [-0.2, 0) is 14.8 Å². The fourth-order valence-corrected chi connectivity index (χ4v) is 4.05. The first-order chi connectivity index (χ1) is 13.2. The van der Waals surface area contributed by atoms with Crippen molar-refractivity contribution in [2.24, 2.45) is 0 Å². The van der Waals surface area contributed by atoms with Crippen LogP contribution in [0.4, 0.5) is 17.1 Å². The van der Waals surface area contributed by atoms with E-state index in [-0.39, 0.29) is 29.4 Å². The van der Waals surface area contributed by atoms with E-state index in [1.54, 1.807) is 24.3 Å². The summed E-state index contributed by atoms with van der Waals surface area (Å²) in [4.78, 5) is 23.3. The van der Waals surface area contributed by atoms with Crippen LogP contribution in [0, 0.1) is 17.0 Å². The summed E-state index contributed by atoms with van der Waals surface area (Å²) in [5, 5.41) is 13.7. The van der Waals surface area contributed by atoms with Gasteiger partial charge in [-0.2, -0.15) is 0 Å². The predicted molar refractivity (Wildman–Crippen MR) is 104 cm³/mol. The second-order valence-electron chi connectivity index (χ2n) is 6.20. The van der Waals surface area contributed by atoms with Crippen LogP contribution in [-0.4, -0.2) is 37.6 Å². The Hall–Kier alpha value is -3.14. The monoisotopic (exact) mass is 405 g/mol. The van der Waals surface area contributed by atoms with Gasteiger partial charge in [-0.1, -0.05) is 18.2 Å². The van der Waals surface area contributed by atoms with Crippen molar-refractivity contribution in [3.8, 4) is 5.75 Å². The molecule has 148 valence electrons. The number of carbonyl (C=O) groups excluding carboxylic acids is 1. The van der Waals surface area contributed by atoms with Crippen molar-refractivity contribution >= 4 is 33.0 Å². The molecule has 0 bridgehead atoms. The van der Waals surface area contributed by atoms with E-state index in [1.807, 2.05) is 0 Å². The van der Waals surface area contributed by atoms with E-state index in [9.17, 15) is 23.3 Å². The van der Waals surface area contributed by atoms with Crippen LogP contribution in [0.15, 0.2) is 42.5 Å². The number of hydrogen-bond acceptors (Lipinski definition) is 6. The number of fused-ring (bicyclic) bond motifs is 1. The second kappa shape index (κ2) is 7.47. The Morgan fingerprint density at radius 3 is 2.68 bits per heavy atom. The third kappa shape index (κ3) is 3.63. The first kappa shape index (κ1) is 19.6. The van der Waals surface area contributed by atoms with Crippen molar-refractivity contribution in [2.75, 3.05) is 21.9 Å². The summed E-state index contributed by atoms with van der Waals surface area (Å²) in [6.07, 6.45) is -1.10. The molecular weight excluding hydrogens is 386 g/mol. The fraction of sp³-hybridized carbons (Fsp3) is 0.278. The molecule has 1 aliphatic heterocycles. The number of anilines is 2. The van der Waals surface area contributed by atoms with Crippen LogP contribution in [0.2, 0.25) is 0 Å². The summed E-state index contributed by atoms with van der Waals surface area (Å²) in [6.45, 7) is 2.86. The summed E-state index contributed by atoms with van der Waals surface area (Å²) in [6, 6.07) is 10.9. The van der Waals surface area contributed by atoms with Crippen LogP contribution >= 0.6 is 0 Å². The summed E-state index contributed by atoms with van der Waals surface area (Å²) < 4.78 is 31.8. The van der Waals surface area contributed by atoms with E-state index < -0.39 is 27.0 Å². The average molecular weight is 405 g/mol. The Morgan fingerprint density at radius 1 is 1.29 bits per heavy atom. The number of nitro groups is 1. The fourth-order valence-electron chi connectivity index (χ4n) is 2.93. The Labute approximate surface area is 162 Å². The molecule has 0 fully saturated rings. The van der Waals surface area contributed by atoms with Gasteiger partial charge in [0, 0.05) is 6.07 Å². The van der Waals surface area contributed by atoms with Gasteiger partial charge in [-0.05, 0) is 32.0 Å². The first-order valence-electron chi connectivity index (χ1n) is 8.55. The van der Waals surface area contributed by atoms with E-state index >= 15 is 0 Å². The highest BCUT2D eigenvalue weighted by Gasteiger charge is 2.36. The lowest BCUT2D eigenvalue weighted by Crippen LogP contribution is -2.49. The van der Waals surface area contributed by atoms with Crippen molar-refractivity contribution in [3.63, 3.8) is 0 Å². The van der Waals surface area contributed by atoms with Gasteiger partial charge in [-0.25, -0.2) is 8.42 Å². The zero-order valence-electron chi connectivity index (χ0n) is 15.3. The SMILES string of the molecule is CCS(=O)(=O)N1C[C@H](C(=O)Nc2cccc([N+](=O)[O-])c2C)Oc2ccccc21. The molecule has 1 atom stereocenters. The standard InChI is InChI=1S/C18H19N3O6S/c1-3-28(25,26)20-11-17(27-16-10-5-4-8-15(16)20)18(22)19-13-7-6-9-14(12(13)2)21(23)24/h4-10,17H,3,11H2,1-2H3,(H,19,22)/t17-/m1/s1. The van der Waals surface area contributed by atoms with Gasteiger partial charge in [-0.15, -0.1) is 0 Å². The average Bonchev–Trinajstić information content (AvgIpc) is 2.68. The predicted octanol–water partition coefficient (Wildman–Crippen LogP) is 2.46. The molecule has 3 rings (SSSR count).